The smallest absolute Gasteiger partial charge is 0.410 e. The van der Waals surface area contributed by atoms with Crippen LogP contribution in [0.25, 0.3) is 0 Å². The van der Waals surface area contributed by atoms with Gasteiger partial charge in [-0.1, -0.05) is 6.92 Å². The maximum Gasteiger partial charge on any atom is 0.410 e. The minimum atomic E-state index is -0.529. The number of likely N-dealkylation sites (tertiary alicyclic amines) is 1. The second-order valence-electron chi connectivity index (χ2n) is 6.51. The Balaban J connectivity index is 2.07. The Hall–Kier alpha value is -1.78. The maximum atomic E-state index is 12.4. The third kappa shape index (κ3) is 3.65. The van der Waals surface area contributed by atoms with Gasteiger partial charge in [-0.2, -0.15) is 0 Å². The SMILES string of the molecule is CC(C(=O)c1ccco1)C1CCCN1C(=O)OC(C)(C)C. The van der Waals surface area contributed by atoms with E-state index in [1.807, 2.05) is 27.7 Å². The molecule has 0 N–H and O–H groups in total. The summed E-state index contributed by atoms with van der Waals surface area (Å²) in [6.07, 6.45) is 2.84. The Morgan fingerprint density at radius 3 is 2.71 bits per heavy atom. The number of hydrogen-bond acceptors (Lipinski definition) is 4. The van der Waals surface area contributed by atoms with Gasteiger partial charge in [-0.05, 0) is 45.7 Å². The summed E-state index contributed by atoms with van der Waals surface area (Å²) >= 11 is 0. The van der Waals surface area contributed by atoms with Crippen LogP contribution in [0.3, 0.4) is 0 Å². The molecule has 0 aliphatic carbocycles. The van der Waals surface area contributed by atoms with E-state index < -0.39 is 5.60 Å². The van der Waals surface area contributed by atoms with Crippen LogP contribution in [0.5, 0.6) is 0 Å². The molecule has 0 saturated carbocycles. The zero-order valence-electron chi connectivity index (χ0n) is 13.1. The first-order valence-corrected chi connectivity index (χ1v) is 7.37. The number of ketones is 1. The molecule has 0 radical (unpaired) electrons. The molecule has 21 heavy (non-hydrogen) atoms. The van der Waals surface area contributed by atoms with Crippen molar-refractivity contribution in [1.29, 1.82) is 0 Å². The Morgan fingerprint density at radius 2 is 2.14 bits per heavy atom. The van der Waals surface area contributed by atoms with Crippen molar-refractivity contribution in [2.75, 3.05) is 6.54 Å². The fourth-order valence-electron chi connectivity index (χ4n) is 2.68. The van der Waals surface area contributed by atoms with E-state index in [1.54, 1.807) is 17.0 Å². The monoisotopic (exact) mass is 293 g/mol. The number of furan rings is 1. The van der Waals surface area contributed by atoms with Gasteiger partial charge in [0.15, 0.2) is 5.76 Å². The zero-order chi connectivity index (χ0) is 15.6. The Bertz CT molecular complexity index is 501. The van der Waals surface area contributed by atoms with Crippen LogP contribution in [0, 0.1) is 5.92 Å². The Labute approximate surface area is 125 Å². The second-order valence-corrected chi connectivity index (χ2v) is 6.51. The first kappa shape index (κ1) is 15.6. The molecule has 2 unspecified atom stereocenters. The van der Waals surface area contributed by atoms with Crippen LogP contribution in [-0.4, -0.2) is 35.0 Å². The number of ether oxygens (including phenoxy) is 1. The van der Waals surface area contributed by atoms with Crippen molar-refractivity contribution >= 4 is 11.9 Å². The van der Waals surface area contributed by atoms with Crippen molar-refractivity contribution in [1.82, 2.24) is 4.90 Å². The lowest BCUT2D eigenvalue weighted by atomic mass is 9.94. The van der Waals surface area contributed by atoms with E-state index in [9.17, 15) is 9.59 Å². The van der Waals surface area contributed by atoms with Crippen LogP contribution in [0.15, 0.2) is 22.8 Å². The van der Waals surface area contributed by atoms with E-state index in [-0.39, 0.29) is 23.8 Å². The lowest BCUT2D eigenvalue weighted by Gasteiger charge is -2.30. The highest BCUT2D eigenvalue weighted by Crippen LogP contribution is 2.28. The molecular weight excluding hydrogens is 270 g/mol. The molecule has 2 rings (SSSR count). The van der Waals surface area contributed by atoms with Crippen molar-refractivity contribution in [3.05, 3.63) is 24.2 Å². The number of Topliss-reactive ketones (excluding diaryl/α,β-unsaturated/α-hetero) is 1. The van der Waals surface area contributed by atoms with Crippen LogP contribution in [0.4, 0.5) is 4.79 Å². The van der Waals surface area contributed by atoms with Gasteiger partial charge in [0.05, 0.1) is 6.26 Å². The van der Waals surface area contributed by atoms with Crippen molar-refractivity contribution in [2.45, 2.75) is 52.2 Å². The molecule has 0 bridgehead atoms. The van der Waals surface area contributed by atoms with Crippen molar-refractivity contribution in [2.24, 2.45) is 5.92 Å². The quantitative estimate of drug-likeness (QED) is 0.800. The van der Waals surface area contributed by atoms with Gasteiger partial charge in [-0.15, -0.1) is 0 Å². The van der Waals surface area contributed by atoms with E-state index in [0.29, 0.717) is 12.3 Å². The number of amides is 1. The molecule has 1 amide bonds. The summed E-state index contributed by atoms with van der Waals surface area (Å²) in [5.41, 5.74) is -0.529. The first-order valence-electron chi connectivity index (χ1n) is 7.37. The van der Waals surface area contributed by atoms with Crippen LogP contribution < -0.4 is 0 Å². The second kappa shape index (κ2) is 5.92. The molecule has 1 saturated heterocycles. The molecule has 1 aromatic heterocycles. The molecular formula is C16H23NO4. The number of carbonyl (C=O) groups excluding carboxylic acids is 2. The number of nitrogens with zero attached hydrogens (tertiary/aromatic N) is 1. The summed E-state index contributed by atoms with van der Waals surface area (Å²) in [4.78, 5) is 26.3. The van der Waals surface area contributed by atoms with Gasteiger partial charge in [0.2, 0.25) is 5.78 Å². The van der Waals surface area contributed by atoms with Crippen molar-refractivity contribution < 1.29 is 18.7 Å². The standard InChI is InChI=1S/C16H23NO4/c1-11(14(18)13-8-6-10-20-13)12-7-5-9-17(12)15(19)21-16(2,3)4/h6,8,10-12H,5,7,9H2,1-4H3. The van der Waals surface area contributed by atoms with Crippen LogP contribution in [0.1, 0.15) is 51.1 Å². The summed E-state index contributed by atoms with van der Waals surface area (Å²) in [5, 5.41) is 0. The molecule has 1 aliphatic rings. The predicted octanol–water partition coefficient (Wildman–Crippen LogP) is 3.50. The highest BCUT2D eigenvalue weighted by Gasteiger charge is 2.38. The largest absolute Gasteiger partial charge is 0.461 e. The molecule has 0 spiro atoms. The summed E-state index contributed by atoms with van der Waals surface area (Å²) in [6, 6.07) is 3.23. The van der Waals surface area contributed by atoms with E-state index in [1.165, 1.54) is 6.26 Å². The number of rotatable bonds is 3. The van der Waals surface area contributed by atoms with E-state index in [2.05, 4.69) is 0 Å². The normalized spacial score (nSPS) is 20.4. The fourth-order valence-corrected chi connectivity index (χ4v) is 2.68. The van der Waals surface area contributed by atoms with Crippen LogP contribution in [-0.2, 0) is 4.74 Å². The lowest BCUT2D eigenvalue weighted by Crippen LogP contribution is -2.44. The van der Waals surface area contributed by atoms with Gasteiger partial charge < -0.3 is 14.1 Å². The van der Waals surface area contributed by atoms with E-state index >= 15 is 0 Å². The first-order chi connectivity index (χ1) is 9.79. The summed E-state index contributed by atoms with van der Waals surface area (Å²) in [5.74, 6) is -0.0230. The average molecular weight is 293 g/mol. The van der Waals surface area contributed by atoms with Gasteiger partial charge in [0, 0.05) is 18.5 Å². The summed E-state index contributed by atoms with van der Waals surface area (Å²) in [6.45, 7) is 8.00. The van der Waals surface area contributed by atoms with Gasteiger partial charge in [0.25, 0.3) is 0 Å². The lowest BCUT2D eigenvalue weighted by molar-refractivity contribution is 0.0186. The molecule has 1 aromatic rings. The molecule has 2 heterocycles. The fraction of sp³-hybridized carbons (Fsp3) is 0.625. The minimum Gasteiger partial charge on any atom is -0.461 e. The van der Waals surface area contributed by atoms with Gasteiger partial charge in [-0.25, -0.2) is 4.79 Å². The Kier molecular flexibility index (Phi) is 4.40. The minimum absolute atomic E-state index is 0.0690. The average Bonchev–Trinajstić information content (AvgIpc) is 3.05. The molecule has 5 heteroatoms. The van der Waals surface area contributed by atoms with Crippen LogP contribution >= 0.6 is 0 Å². The summed E-state index contributed by atoms with van der Waals surface area (Å²) in [7, 11) is 0. The number of hydrogen-bond donors (Lipinski definition) is 0. The molecule has 116 valence electrons. The Morgan fingerprint density at radius 1 is 1.43 bits per heavy atom. The molecule has 2 atom stereocenters. The van der Waals surface area contributed by atoms with Gasteiger partial charge in [-0.3, -0.25) is 4.79 Å². The highest BCUT2D eigenvalue weighted by molar-refractivity contribution is 5.95. The summed E-state index contributed by atoms with van der Waals surface area (Å²) < 4.78 is 10.6. The predicted molar refractivity (Wildman–Crippen MR) is 78.2 cm³/mol. The van der Waals surface area contributed by atoms with Crippen molar-refractivity contribution in [3.63, 3.8) is 0 Å². The van der Waals surface area contributed by atoms with Crippen molar-refractivity contribution in [3.8, 4) is 0 Å². The molecule has 5 nitrogen and oxygen atoms in total. The maximum absolute atomic E-state index is 12.4. The zero-order valence-corrected chi connectivity index (χ0v) is 13.1. The molecule has 1 aliphatic heterocycles. The molecule has 0 aromatic carbocycles. The topological polar surface area (TPSA) is 59.8 Å². The van der Waals surface area contributed by atoms with E-state index in [0.717, 1.165) is 12.8 Å². The number of carbonyl (C=O) groups is 2. The van der Waals surface area contributed by atoms with Gasteiger partial charge >= 0.3 is 6.09 Å². The molecule has 1 fully saturated rings. The third-order valence-electron chi connectivity index (χ3n) is 3.68. The highest BCUT2D eigenvalue weighted by atomic mass is 16.6. The van der Waals surface area contributed by atoms with E-state index in [4.69, 9.17) is 9.15 Å². The third-order valence-corrected chi connectivity index (χ3v) is 3.68. The van der Waals surface area contributed by atoms with Crippen LogP contribution in [0.2, 0.25) is 0 Å². The van der Waals surface area contributed by atoms with Gasteiger partial charge in [0.1, 0.15) is 5.60 Å².